The molecular weight excluding hydrogens is 338 g/mol. The summed E-state index contributed by atoms with van der Waals surface area (Å²) in [7, 11) is -0.0771. The molecule has 0 unspecified atom stereocenters. The fourth-order valence-corrected chi connectivity index (χ4v) is 2.93. The normalized spacial score (nSPS) is 11.9. The lowest BCUT2D eigenvalue weighted by Crippen LogP contribution is -2.41. The second kappa shape index (κ2) is 17.3. The van der Waals surface area contributed by atoms with Crippen LogP contribution in [0.15, 0.2) is 0 Å². The third-order valence-corrected chi connectivity index (χ3v) is 4.48. The highest BCUT2D eigenvalue weighted by molar-refractivity contribution is 7.79. The van der Waals surface area contributed by atoms with E-state index in [-0.39, 0.29) is 0 Å². The van der Waals surface area contributed by atoms with Gasteiger partial charge >= 0.3 is 0 Å². The van der Waals surface area contributed by atoms with E-state index in [2.05, 4.69) is 27.9 Å². The maximum Gasteiger partial charge on any atom is 0.215 e. The van der Waals surface area contributed by atoms with E-state index in [0.717, 1.165) is 0 Å². The highest BCUT2D eigenvalue weighted by Crippen LogP contribution is 2.11. The third-order valence-electron chi connectivity index (χ3n) is 4.48. The summed E-state index contributed by atoms with van der Waals surface area (Å²) in [4.78, 5) is 0. The summed E-state index contributed by atoms with van der Waals surface area (Å²) in [5, 5.41) is 0. The minimum Gasteiger partial charge on any atom is -0.726 e. The van der Waals surface area contributed by atoms with Crippen LogP contribution >= 0.6 is 0 Å². The molecule has 0 radical (unpaired) electrons. The van der Waals surface area contributed by atoms with Crippen molar-refractivity contribution >= 4 is 10.4 Å². The highest BCUT2D eigenvalue weighted by atomic mass is 32.3. The van der Waals surface area contributed by atoms with Crippen LogP contribution in [0.3, 0.4) is 0 Å². The predicted molar refractivity (Wildman–Crippen MR) is 106 cm³/mol. The molecule has 0 spiro atoms. The van der Waals surface area contributed by atoms with Crippen molar-refractivity contribution in [1.82, 2.24) is 0 Å². The van der Waals surface area contributed by atoms with E-state index in [0.29, 0.717) is 0 Å². The number of hydrogen-bond acceptors (Lipinski definition) is 3. The summed E-state index contributed by atoms with van der Waals surface area (Å²) in [5.41, 5.74) is 0. The summed E-state index contributed by atoms with van der Waals surface area (Å²) < 4.78 is 34.1. The van der Waals surface area contributed by atoms with Crippen molar-refractivity contribution in [2.45, 2.75) is 97.3 Å². The van der Waals surface area contributed by atoms with Gasteiger partial charge in [-0.15, -0.1) is 0 Å². The summed E-state index contributed by atoms with van der Waals surface area (Å²) in [6.45, 7) is 7.34. The van der Waals surface area contributed by atoms with Crippen LogP contribution in [0.1, 0.15) is 97.3 Å². The molecule has 5 nitrogen and oxygen atoms in total. The first kappa shape index (κ1) is 27.1. The van der Waals surface area contributed by atoms with Gasteiger partial charge in [0.2, 0.25) is 10.4 Å². The van der Waals surface area contributed by atoms with Crippen molar-refractivity contribution in [3.63, 3.8) is 0 Å². The zero-order valence-corrected chi connectivity index (χ0v) is 18.0. The summed E-state index contributed by atoms with van der Waals surface area (Å²) in [6.07, 6.45) is 18.6. The maximum absolute atomic E-state index is 8.63. The predicted octanol–water partition coefficient (Wildman–Crippen LogP) is 5.18. The lowest BCUT2D eigenvalue weighted by Gasteiger charge is -2.30. The van der Waals surface area contributed by atoms with Gasteiger partial charge < -0.3 is 9.04 Å². The molecule has 0 aliphatic rings. The van der Waals surface area contributed by atoms with E-state index in [9.17, 15) is 0 Å². The minimum absolute atomic E-state index is 1.24. The van der Waals surface area contributed by atoms with Gasteiger partial charge in [0.05, 0.1) is 27.2 Å². The van der Waals surface area contributed by atoms with Crippen LogP contribution in [0.2, 0.25) is 0 Å². The average Bonchev–Trinajstić information content (AvgIpc) is 2.48. The molecule has 0 amide bonds. The van der Waals surface area contributed by atoms with Crippen molar-refractivity contribution in [3.05, 3.63) is 0 Å². The van der Waals surface area contributed by atoms with Crippen LogP contribution in [0.5, 0.6) is 0 Å². The lowest BCUT2D eigenvalue weighted by atomic mass is 10.1. The number of unbranched alkanes of at least 4 members (excludes halogenated alkanes) is 11. The van der Waals surface area contributed by atoms with Crippen molar-refractivity contribution < 1.29 is 22.0 Å². The molecule has 0 atom stereocenters. The standard InChI is InChI=1S/C19H42N.H2O4S/c1-5-7-9-11-13-15-17-19-20(3,4)18-16-14-12-10-8-6-2;1-5(2,3)4/h5-19H2,1-4H3;(H2,1,2,3,4)/q+1;/p-1. The third kappa shape index (κ3) is 32.0. The van der Waals surface area contributed by atoms with Crippen molar-refractivity contribution in [2.24, 2.45) is 0 Å². The smallest absolute Gasteiger partial charge is 0.215 e. The van der Waals surface area contributed by atoms with Gasteiger partial charge in [-0.05, 0) is 25.7 Å². The molecule has 0 aromatic rings. The topological polar surface area (TPSA) is 77.4 Å². The molecule has 0 aromatic heterocycles. The zero-order valence-electron chi connectivity index (χ0n) is 17.1. The fraction of sp³-hybridized carbons (Fsp3) is 1.00. The Kier molecular flexibility index (Phi) is 18.7. The van der Waals surface area contributed by atoms with Gasteiger partial charge in [-0.2, -0.15) is 0 Å². The molecule has 0 heterocycles. The Morgan fingerprint density at radius 3 is 1.20 bits per heavy atom. The van der Waals surface area contributed by atoms with Gasteiger partial charge in [0.15, 0.2) is 0 Å². The van der Waals surface area contributed by atoms with Crippen molar-refractivity contribution in [3.8, 4) is 0 Å². The monoisotopic (exact) mass is 381 g/mol. The fourth-order valence-electron chi connectivity index (χ4n) is 2.93. The van der Waals surface area contributed by atoms with E-state index in [4.69, 9.17) is 17.5 Å². The highest BCUT2D eigenvalue weighted by Gasteiger charge is 2.13. The van der Waals surface area contributed by atoms with E-state index in [1.807, 2.05) is 0 Å². The van der Waals surface area contributed by atoms with Crippen LogP contribution < -0.4 is 0 Å². The molecule has 0 aliphatic heterocycles. The Morgan fingerprint density at radius 2 is 0.920 bits per heavy atom. The van der Waals surface area contributed by atoms with Gasteiger partial charge in [0, 0.05) is 0 Å². The SMILES string of the molecule is CCCCCCCCC[N+](C)(C)CCCCCCCC.O=S(=O)([O-])O. The van der Waals surface area contributed by atoms with Gasteiger partial charge in [-0.3, -0.25) is 4.55 Å². The van der Waals surface area contributed by atoms with Crippen LogP contribution in [0, 0.1) is 0 Å². The molecule has 0 rings (SSSR count). The maximum atomic E-state index is 8.63. The van der Waals surface area contributed by atoms with Crippen LogP contribution in [0.25, 0.3) is 0 Å². The molecule has 6 heteroatoms. The Labute approximate surface area is 157 Å². The van der Waals surface area contributed by atoms with E-state index in [1.54, 1.807) is 0 Å². The molecule has 0 bridgehead atoms. The first-order valence-corrected chi connectivity index (χ1v) is 11.5. The molecular formula is C19H43NO4S. The summed E-state index contributed by atoms with van der Waals surface area (Å²) in [6, 6.07) is 0. The Bertz CT molecular complexity index is 362. The van der Waals surface area contributed by atoms with Gasteiger partial charge in [-0.25, -0.2) is 8.42 Å². The average molecular weight is 382 g/mol. The second-order valence-corrected chi connectivity index (χ2v) is 8.56. The first-order chi connectivity index (χ1) is 11.6. The molecule has 0 saturated heterocycles. The molecule has 154 valence electrons. The molecule has 0 aliphatic carbocycles. The first-order valence-electron chi connectivity index (χ1n) is 10.1. The van der Waals surface area contributed by atoms with E-state index in [1.165, 1.54) is 101 Å². The van der Waals surface area contributed by atoms with Gasteiger partial charge in [0.1, 0.15) is 0 Å². The second-order valence-electron chi connectivity index (χ2n) is 7.70. The molecule has 25 heavy (non-hydrogen) atoms. The zero-order chi connectivity index (χ0) is 19.6. The molecule has 1 N–H and O–H groups in total. The molecule has 0 fully saturated rings. The number of quaternary nitrogens is 1. The lowest BCUT2D eigenvalue weighted by molar-refractivity contribution is -0.890. The van der Waals surface area contributed by atoms with Crippen LogP contribution in [-0.4, -0.2) is 49.2 Å². The van der Waals surface area contributed by atoms with Crippen molar-refractivity contribution in [2.75, 3.05) is 27.2 Å². The summed E-state index contributed by atoms with van der Waals surface area (Å²) >= 11 is 0. The van der Waals surface area contributed by atoms with Crippen LogP contribution in [0.4, 0.5) is 0 Å². The number of rotatable bonds is 15. The number of hydrogen-bond donors (Lipinski definition) is 1. The van der Waals surface area contributed by atoms with E-state index < -0.39 is 10.4 Å². The Hall–Kier alpha value is -0.170. The van der Waals surface area contributed by atoms with Crippen molar-refractivity contribution in [1.29, 1.82) is 0 Å². The quantitative estimate of drug-likeness (QED) is 0.183. The van der Waals surface area contributed by atoms with Gasteiger partial charge in [0.25, 0.3) is 0 Å². The Morgan fingerprint density at radius 1 is 0.680 bits per heavy atom. The Balaban J connectivity index is 0. The van der Waals surface area contributed by atoms with Crippen LogP contribution in [-0.2, 0) is 10.4 Å². The van der Waals surface area contributed by atoms with E-state index >= 15 is 0 Å². The molecule has 0 saturated carbocycles. The number of nitrogens with zero attached hydrogens (tertiary/aromatic N) is 1. The van der Waals surface area contributed by atoms with Gasteiger partial charge in [-0.1, -0.05) is 71.6 Å². The molecule has 0 aromatic carbocycles. The summed E-state index contributed by atoms with van der Waals surface area (Å²) in [5.74, 6) is 0. The largest absolute Gasteiger partial charge is 0.726 e. The minimum atomic E-state index is -4.92.